The highest BCUT2D eigenvalue weighted by atomic mass is 32.2. The van der Waals surface area contributed by atoms with Crippen LogP contribution in [0.4, 0.5) is 5.69 Å². The molecule has 1 aliphatic heterocycles. The van der Waals surface area contributed by atoms with Gasteiger partial charge in [-0.25, -0.2) is 8.42 Å². The summed E-state index contributed by atoms with van der Waals surface area (Å²) in [4.78, 5) is 13.7. The van der Waals surface area contributed by atoms with E-state index in [2.05, 4.69) is 5.32 Å². The van der Waals surface area contributed by atoms with Crippen LogP contribution < -0.4 is 10.2 Å². The Morgan fingerprint density at radius 2 is 1.88 bits per heavy atom. The monoisotopic (exact) mass is 370 g/mol. The summed E-state index contributed by atoms with van der Waals surface area (Å²) in [5.41, 5.74) is 1.38. The van der Waals surface area contributed by atoms with Gasteiger partial charge >= 0.3 is 0 Å². The Morgan fingerprint density at radius 1 is 1.24 bits per heavy atom. The third-order valence-corrected chi connectivity index (χ3v) is 6.48. The lowest BCUT2D eigenvalue weighted by Crippen LogP contribution is -3.15. The number of benzene rings is 1. The van der Waals surface area contributed by atoms with Gasteiger partial charge in [0.05, 0.1) is 18.1 Å². The highest BCUT2D eigenvalue weighted by molar-refractivity contribution is 7.89. The summed E-state index contributed by atoms with van der Waals surface area (Å²) >= 11 is 0. The maximum Gasteiger partial charge on any atom is 0.279 e. The summed E-state index contributed by atoms with van der Waals surface area (Å²) < 4.78 is 32.0. The first-order valence-electron chi connectivity index (χ1n) is 8.70. The second-order valence-electron chi connectivity index (χ2n) is 6.15. The topological polar surface area (TPSA) is 80.2 Å². The number of sulfonamides is 1. The van der Waals surface area contributed by atoms with Crippen LogP contribution in [0.25, 0.3) is 0 Å². The zero-order valence-corrected chi connectivity index (χ0v) is 16.0. The fourth-order valence-corrected chi connectivity index (χ4v) is 4.35. The molecule has 1 heterocycles. The molecule has 0 bridgehead atoms. The average Bonchev–Trinajstić information content (AvgIpc) is 2.58. The average molecular weight is 370 g/mol. The van der Waals surface area contributed by atoms with Crippen LogP contribution in [0.5, 0.6) is 0 Å². The second kappa shape index (κ2) is 8.75. The number of quaternary nitrogens is 1. The molecular formula is C17H28N3O4S+. The van der Waals surface area contributed by atoms with Crippen molar-refractivity contribution in [2.45, 2.75) is 25.7 Å². The number of morpholine rings is 1. The number of nitrogens with one attached hydrogen (secondary N) is 2. The molecule has 0 atom stereocenters. The van der Waals surface area contributed by atoms with Crippen LogP contribution in [-0.2, 0) is 19.6 Å². The standard InChI is InChI=1S/C17H27N3O4S/c1-4-20(5-2)25(22,23)15-7-6-14(3)16(12-15)18-17(21)13-19-8-10-24-11-9-19/h6-7,12H,4-5,8-11,13H2,1-3H3,(H,18,21)/p+1. The van der Waals surface area contributed by atoms with Crippen LogP contribution in [0.15, 0.2) is 23.1 Å². The van der Waals surface area contributed by atoms with Crippen molar-refractivity contribution < 1.29 is 22.8 Å². The molecule has 2 N–H and O–H groups in total. The molecule has 1 amide bonds. The number of nitrogens with zero attached hydrogens (tertiary/aromatic N) is 1. The molecule has 0 aliphatic carbocycles. The summed E-state index contributed by atoms with van der Waals surface area (Å²) in [6.07, 6.45) is 0. The lowest BCUT2D eigenvalue weighted by Gasteiger charge is -2.23. The van der Waals surface area contributed by atoms with E-state index >= 15 is 0 Å². The Kier molecular flexibility index (Phi) is 6.95. The summed E-state index contributed by atoms with van der Waals surface area (Å²) in [5.74, 6) is -0.114. The normalized spacial score (nSPS) is 16.2. The van der Waals surface area contributed by atoms with Gasteiger partial charge in [-0.1, -0.05) is 19.9 Å². The molecule has 0 aromatic heterocycles. The third-order valence-electron chi connectivity index (χ3n) is 4.44. The minimum absolute atomic E-state index is 0.114. The van der Waals surface area contributed by atoms with E-state index in [1.165, 1.54) is 9.21 Å². The second-order valence-corrected chi connectivity index (χ2v) is 8.09. The van der Waals surface area contributed by atoms with Crippen molar-refractivity contribution in [1.29, 1.82) is 0 Å². The van der Waals surface area contributed by atoms with Gasteiger partial charge in [-0.05, 0) is 24.6 Å². The molecule has 1 aliphatic rings. The number of aryl methyl sites for hydroxylation is 1. The largest absolute Gasteiger partial charge is 0.370 e. The Morgan fingerprint density at radius 3 is 2.48 bits per heavy atom. The van der Waals surface area contributed by atoms with Crippen molar-refractivity contribution in [3.8, 4) is 0 Å². The van der Waals surface area contributed by atoms with Gasteiger partial charge in [0.25, 0.3) is 5.91 Å². The van der Waals surface area contributed by atoms with Crippen molar-refractivity contribution in [3.05, 3.63) is 23.8 Å². The minimum Gasteiger partial charge on any atom is -0.370 e. The molecule has 0 unspecified atom stereocenters. The number of hydrogen-bond acceptors (Lipinski definition) is 4. The highest BCUT2D eigenvalue weighted by Crippen LogP contribution is 2.22. The molecule has 140 valence electrons. The molecule has 7 nitrogen and oxygen atoms in total. The summed E-state index contributed by atoms with van der Waals surface area (Å²) in [7, 11) is -3.54. The smallest absolute Gasteiger partial charge is 0.279 e. The number of ether oxygens (including phenoxy) is 1. The van der Waals surface area contributed by atoms with Gasteiger partial charge < -0.3 is 15.0 Å². The van der Waals surface area contributed by atoms with Gasteiger partial charge in [0.15, 0.2) is 6.54 Å². The van der Waals surface area contributed by atoms with Crippen LogP contribution in [0.1, 0.15) is 19.4 Å². The highest BCUT2D eigenvalue weighted by Gasteiger charge is 2.23. The van der Waals surface area contributed by atoms with E-state index in [4.69, 9.17) is 4.74 Å². The van der Waals surface area contributed by atoms with Crippen molar-refractivity contribution in [2.24, 2.45) is 0 Å². The Hall–Kier alpha value is -1.48. The number of hydrogen-bond donors (Lipinski definition) is 2. The lowest BCUT2D eigenvalue weighted by atomic mass is 10.2. The summed E-state index contributed by atoms with van der Waals surface area (Å²) in [6, 6.07) is 4.87. The molecule has 1 fully saturated rings. The first-order valence-corrected chi connectivity index (χ1v) is 10.1. The van der Waals surface area contributed by atoms with E-state index in [0.29, 0.717) is 38.5 Å². The molecule has 1 saturated heterocycles. The number of carbonyl (C=O) groups excluding carboxylic acids is 1. The number of rotatable bonds is 7. The SMILES string of the molecule is CCN(CC)S(=O)(=O)c1ccc(C)c(NC(=O)C[NH+]2CCOCC2)c1. The van der Waals surface area contributed by atoms with E-state index in [-0.39, 0.29) is 10.8 Å². The molecule has 2 rings (SSSR count). The Bertz CT molecular complexity index is 696. The van der Waals surface area contributed by atoms with Crippen molar-refractivity contribution in [2.75, 3.05) is 51.3 Å². The van der Waals surface area contributed by atoms with Gasteiger partial charge in [0, 0.05) is 18.8 Å². The molecule has 0 spiro atoms. The fourth-order valence-electron chi connectivity index (χ4n) is 2.87. The van der Waals surface area contributed by atoms with E-state index in [1.807, 2.05) is 20.8 Å². The van der Waals surface area contributed by atoms with Crippen molar-refractivity contribution >= 4 is 21.6 Å². The molecule has 1 aromatic carbocycles. The molecule has 8 heteroatoms. The quantitative estimate of drug-likeness (QED) is 0.701. The predicted octanol–water partition coefficient (Wildman–Crippen LogP) is -0.121. The van der Waals surface area contributed by atoms with Gasteiger partial charge in [-0.15, -0.1) is 0 Å². The van der Waals surface area contributed by atoms with Crippen LogP contribution in [-0.4, -0.2) is 64.6 Å². The zero-order chi connectivity index (χ0) is 18.4. The first-order chi connectivity index (χ1) is 11.9. The van der Waals surface area contributed by atoms with Gasteiger partial charge in [-0.3, -0.25) is 4.79 Å². The molecule has 0 saturated carbocycles. The Labute approximate surface area is 150 Å². The fraction of sp³-hybridized carbons (Fsp3) is 0.588. The van der Waals surface area contributed by atoms with Gasteiger partial charge in [0.2, 0.25) is 10.0 Å². The molecule has 25 heavy (non-hydrogen) atoms. The molecular weight excluding hydrogens is 342 g/mol. The molecule has 0 radical (unpaired) electrons. The van der Waals surface area contributed by atoms with Gasteiger partial charge in [-0.2, -0.15) is 4.31 Å². The summed E-state index contributed by atoms with van der Waals surface area (Å²) in [6.45, 7) is 9.60. The van der Waals surface area contributed by atoms with Crippen LogP contribution in [0, 0.1) is 6.92 Å². The van der Waals surface area contributed by atoms with Crippen molar-refractivity contribution in [1.82, 2.24) is 4.31 Å². The zero-order valence-electron chi connectivity index (χ0n) is 15.2. The van der Waals surface area contributed by atoms with E-state index < -0.39 is 10.0 Å². The lowest BCUT2D eigenvalue weighted by molar-refractivity contribution is -0.899. The van der Waals surface area contributed by atoms with E-state index in [1.54, 1.807) is 18.2 Å². The Balaban J connectivity index is 2.14. The van der Waals surface area contributed by atoms with Crippen molar-refractivity contribution in [3.63, 3.8) is 0 Å². The summed E-state index contributed by atoms with van der Waals surface area (Å²) in [5, 5.41) is 2.86. The maximum absolute atomic E-state index is 12.7. The third kappa shape index (κ3) is 5.01. The molecule has 1 aromatic rings. The maximum atomic E-state index is 12.7. The van der Waals surface area contributed by atoms with Crippen LogP contribution >= 0.6 is 0 Å². The van der Waals surface area contributed by atoms with Crippen LogP contribution in [0.2, 0.25) is 0 Å². The van der Waals surface area contributed by atoms with Gasteiger partial charge in [0.1, 0.15) is 13.1 Å². The number of carbonyl (C=O) groups is 1. The van der Waals surface area contributed by atoms with Crippen LogP contribution in [0.3, 0.4) is 0 Å². The first kappa shape index (κ1) is 19.8. The van der Waals surface area contributed by atoms with E-state index in [0.717, 1.165) is 18.7 Å². The number of amides is 1. The van der Waals surface area contributed by atoms with E-state index in [9.17, 15) is 13.2 Å². The number of anilines is 1. The minimum atomic E-state index is -3.54. The predicted molar refractivity (Wildman–Crippen MR) is 96.3 cm³/mol.